The van der Waals surface area contributed by atoms with Gasteiger partial charge in [-0.3, -0.25) is 10.1 Å². The number of nitrogen functional groups attached to an aromatic ring is 1. The van der Waals surface area contributed by atoms with Gasteiger partial charge in [-0.15, -0.1) is 0 Å². The van der Waals surface area contributed by atoms with Crippen LogP contribution in [0.25, 0.3) is 0 Å². The molecule has 0 saturated carbocycles. The van der Waals surface area contributed by atoms with Crippen molar-refractivity contribution in [2.24, 2.45) is 0 Å². The first kappa shape index (κ1) is 11.3. The fourth-order valence-corrected chi connectivity index (χ4v) is 1.23. The molecule has 15 heavy (non-hydrogen) atoms. The Morgan fingerprint density at radius 3 is 2.47 bits per heavy atom. The van der Waals surface area contributed by atoms with Crippen molar-refractivity contribution in [3.05, 3.63) is 28.3 Å². The van der Waals surface area contributed by atoms with Crippen molar-refractivity contribution < 1.29 is 4.92 Å². The van der Waals surface area contributed by atoms with Crippen LogP contribution in [-0.2, 0) is 0 Å². The fourth-order valence-electron chi connectivity index (χ4n) is 1.23. The molecule has 1 aromatic rings. The molecule has 0 fully saturated rings. The summed E-state index contributed by atoms with van der Waals surface area (Å²) in [6, 6.07) is 4.88. The van der Waals surface area contributed by atoms with Gasteiger partial charge in [-0.1, -0.05) is 0 Å². The van der Waals surface area contributed by atoms with Gasteiger partial charge < -0.3 is 10.6 Å². The average Bonchev–Trinajstić information content (AvgIpc) is 2.15. The van der Waals surface area contributed by atoms with Crippen LogP contribution in [0.15, 0.2) is 18.2 Å². The van der Waals surface area contributed by atoms with Crippen LogP contribution in [0.4, 0.5) is 17.1 Å². The Morgan fingerprint density at radius 2 is 2.00 bits per heavy atom. The molecule has 5 nitrogen and oxygen atoms in total. The molecule has 0 atom stereocenters. The third-order valence-corrected chi connectivity index (χ3v) is 2.32. The van der Waals surface area contributed by atoms with Gasteiger partial charge in [-0.2, -0.15) is 0 Å². The first-order valence-corrected chi connectivity index (χ1v) is 4.69. The van der Waals surface area contributed by atoms with Crippen molar-refractivity contribution in [3.63, 3.8) is 0 Å². The molecule has 0 aliphatic rings. The Hall–Kier alpha value is -1.78. The SMILES string of the molecule is CC(C)N(C)c1cc(N)cc([N+](=O)[O-])c1. The van der Waals surface area contributed by atoms with E-state index in [1.165, 1.54) is 12.1 Å². The first-order valence-electron chi connectivity index (χ1n) is 4.69. The molecule has 0 aliphatic heterocycles. The zero-order valence-corrected chi connectivity index (χ0v) is 9.10. The highest BCUT2D eigenvalue weighted by molar-refractivity contribution is 5.62. The summed E-state index contributed by atoms with van der Waals surface area (Å²) in [5, 5.41) is 10.6. The molecule has 0 aliphatic carbocycles. The highest BCUT2D eigenvalue weighted by atomic mass is 16.6. The number of nitrogens with two attached hydrogens (primary N) is 1. The normalized spacial score (nSPS) is 10.4. The highest BCUT2D eigenvalue weighted by Crippen LogP contribution is 2.25. The lowest BCUT2D eigenvalue weighted by Gasteiger charge is -2.23. The molecule has 0 spiro atoms. The molecule has 2 N–H and O–H groups in total. The predicted molar refractivity (Wildman–Crippen MR) is 61.0 cm³/mol. The summed E-state index contributed by atoms with van der Waals surface area (Å²) in [5.41, 5.74) is 6.80. The van der Waals surface area contributed by atoms with E-state index < -0.39 is 4.92 Å². The lowest BCUT2D eigenvalue weighted by atomic mass is 10.2. The average molecular weight is 209 g/mol. The standard InChI is InChI=1S/C10H15N3O2/c1-7(2)12(3)9-4-8(11)5-10(6-9)13(14)15/h4-7H,11H2,1-3H3. The summed E-state index contributed by atoms with van der Waals surface area (Å²) < 4.78 is 0. The third kappa shape index (κ3) is 2.59. The summed E-state index contributed by atoms with van der Waals surface area (Å²) in [6.45, 7) is 4.02. The van der Waals surface area contributed by atoms with Gasteiger partial charge in [0.2, 0.25) is 0 Å². The smallest absolute Gasteiger partial charge is 0.273 e. The minimum Gasteiger partial charge on any atom is -0.398 e. The Bertz CT molecular complexity index is 377. The van der Waals surface area contributed by atoms with E-state index in [0.717, 1.165) is 5.69 Å². The lowest BCUT2D eigenvalue weighted by molar-refractivity contribution is -0.384. The van der Waals surface area contributed by atoms with Crippen molar-refractivity contribution in [3.8, 4) is 0 Å². The second-order valence-electron chi connectivity index (χ2n) is 3.74. The highest BCUT2D eigenvalue weighted by Gasteiger charge is 2.12. The number of nitrogens with zero attached hydrogens (tertiary/aromatic N) is 2. The Balaban J connectivity index is 3.14. The monoisotopic (exact) mass is 209 g/mol. The van der Waals surface area contributed by atoms with Crippen LogP contribution in [-0.4, -0.2) is 18.0 Å². The molecule has 82 valence electrons. The largest absolute Gasteiger partial charge is 0.398 e. The summed E-state index contributed by atoms with van der Waals surface area (Å²) in [6.07, 6.45) is 0. The van der Waals surface area contributed by atoms with E-state index in [2.05, 4.69) is 0 Å². The lowest BCUT2D eigenvalue weighted by Crippen LogP contribution is -2.25. The Kier molecular flexibility index (Phi) is 3.14. The van der Waals surface area contributed by atoms with Crippen molar-refractivity contribution >= 4 is 17.1 Å². The minimum atomic E-state index is -0.436. The van der Waals surface area contributed by atoms with Gasteiger partial charge in [0.25, 0.3) is 5.69 Å². The number of non-ortho nitro benzene ring substituents is 1. The number of hydrogen-bond donors (Lipinski definition) is 1. The topological polar surface area (TPSA) is 72.4 Å². The van der Waals surface area contributed by atoms with Gasteiger partial charge in [0.05, 0.1) is 4.92 Å². The van der Waals surface area contributed by atoms with Crippen molar-refractivity contribution in [2.45, 2.75) is 19.9 Å². The molecule has 0 amide bonds. The second-order valence-corrected chi connectivity index (χ2v) is 3.74. The zero-order valence-electron chi connectivity index (χ0n) is 9.10. The number of benzene rings is 1. The van der Waals surface area contributed by atoms with Gasteiger partial charge in [0, 0.05) is 36.6 Å². The van der Waals surface area contributed by atoms with E-state index in [4.69, 9.17) is 5.73 Å². The molecule has 5 heteroatoms. The van der Waals surface area contributed by atoms with Crippen LogP contribution < -0.4 is 10.6 Å². The molecular formula is C10H15N3O2. The number of rotatable bonds is 3. The van der Waals surface area contributed by atoms with Crippen molar-refractivity contribution in [2.75, 3.05) is 17.7 Å². The molecule has 0 heterocycles. The van der Waals surface area contributed by atoms with E-state index in [-0.39, 0.29) is 11.7 Å². The number of nitro groups is 1. The first-order chi connectivity index (χ1) is 6.91. The Labute approximate surface area is 88.6 Å². The van der Waals surface area contributed by atoms with Crippen LogP contribution in [0.3, 0.4) is 0 Å². The van der Waals surface area contributed by atoms with Gasteiger partial charge in [0.1, 0.15) is 0 Å². The molecule has 0 saturated heterocycles. The van der Waals surface area contributed by atoms with Gasteiger partial charge >= 0.3 is 0 Å². The third-order valence-electron chi connectivity index (χ3n) is 2.32. The van der Waals surface area contributed by atoms with Crippen LogP contribution in [0.1, 0.15) is 13.8 Å². The second kappa shape index (κ2) is 4.16. The summed E-state index contributed by atoms with van der Waals surface area (Å²) >= 11 is 0. The minimum absolute atomic E-state index is 0.0255. The predicted octanol–water partition coefficient (Wildman–Crippen LogP) is 2.02. The van der Waals surface area contributed by atoms with E-state index in [0.29, 0.717) is 5.69 Å². The fraction of sp³-hybridized carbons (Fsp3) is 0.400. The quantitative estimate of drug-likeness (QED) is 0.469. The van der Waals surface area contributed by atoms with Crippen molar-refractivity contribution in [1.29, 1.82) is 0 Å². The van der Waals surface area contributed by atoms with Crippen LogP contribution >= 0.6 is 0 Å². The van der Waals surface area contributed by atoms with Crippen molar-refractivity contribution in [1.82, 2.24) is 0 Å². The van der Waals surface area contributed by atoms with E-state index >= 15 is 0 Å². The molecule has 1 rings (SSSR count). The molecule has 1 aromatic carbocycles. The van der Waals surface area contributed by atoms with Crippen LogP contribution in [0.5, 0.6) is 0 Å². The van der Waals surface area contributed by atoms with E-state index in [1.807, 2.05) is 25.8 Å². The molecule has 0 aromatic heterocycles. The summed E-state index contributed by atoms with van der Waals surface area (Å²) in [5.74, 6) is 0. The number of hydrogen-bond acceptors (Lipinski definition) is 4. The summed E-state index contributed by atoms with van der Waals surface area (Å²) in [4.78, 5) is 12.1. The zero-order chi connectivity index (χ0) is 11.6. The van der Waals surface area contributed by atoms with Crippen LogP contribution in [0, 0.1) is 10.1 Å². The summed E-state index contributed by atoms with van der Waals surface area (Å²) in [7, 11) is 1.88. The molecule has 0 radical (unpaired) electrons. The maximum atomic E-state index is 10.6. The maximum Gasteiger partial charge on any atom is 0.273 e. The number of nitro benzene ring substituents is 1. The van der Waals surface area contributed by atoms with Crippen LogP contribution in [0.2, 0.25) is 0 Å². The van der Waals surface area contributed by atoms with Gasteiger partial charge in [0.15, 0.2) is 0 Å². The van der Waals surface area contributed by atoms with E-state index in [1.54, 1.807) is 6.07 Å². The van der Waals surface area contributed by atoms with Gasteiger partial charge in [-0.05, 0) is 19.9 Å². The molecule has 0 unspecified atom stereocenters. The Morgan fingerprint density at radius 1 is 1.40 bits per heavy atom. The van der Waals surface area contributed by atoms with Gasteiger partial charge in [-0.25, -0.2) is 0 Å². The van der Waals surface area contributed by atoms with E-state index in [9.17, 15) is 10.1 Å². The maximum absolute atomic E-state index is 10.6. The number of anilines is 2. The molecular weight excluding hydrogens is 194 g/mol. The molecule has 0 bridgehead atoms.